The molecule has 0 aromatic heterocycles. The number of esters is 1. The minimum absolute atomic E-state index is 0.0000878. The highest BCUT2D eigenvalue weighted by Gasteiger charge is 2.57. The molecule has 2 fully saturated rings. The Morgan fingerprint density at radius 3 is 2.19 bits per heavy atom. The summed E-state index contributed by atoms with van der Waals surface area (Å²) in [6.45, 7) is 6.02. The van der Waals surface area contributed by atoms with E-state index in [1.54, 1.807) is 31.2 Å². The summed E-state index contributed by atoms with van der Waals surface area (Å²) in [5, 5.41) is 12.5. The van der Waals surface area contributed by atoms with Crippen molar-refractivity contribution in [1.82, 2.24) is 0 Å². The normalized spacial score (nSPS) is 26.0. The number of rotatable bonds is 5. The van der Waals surface area contributed by atoms with E-state index in [1.807, 2.05) is 13.8 Å². The zero-order chi connectivity index (χ0) is 19.7. The minimum atomic E-state index is -0.904. The van der Waals surface area contributed by atoms with Crippen LogP contribution in [0, 0.1) is 23.7 Å². The van der Waals surface area contributed by atoms with Gasteiger partial charge in [-0.25, -0.2) is 4.79 Å². The van der Waals surface area contributed by atoms with Crippen LogP contribution >= 0.6 is 0 Å². The number of amides is 1. The van der Waals surface area contributed by atoms with Gasteiger partial charge in [-0.1, -0.05) is 11.1 Å². The zero-order valence-corrected chi connectivity index (χ0v) is 15.8. The van der Waals surface area contributed by atoms with Crippen molar-refractivity contribution in [3.63, 3.8) is 0 Å². The number of carboxylic acids is 1. The molecule has 0 unspecified atom stereocenters. The smallest absolute Gasteiger partial charge is 0.338 e. The molecule has 0 saturated heterocycles. The van der Waals surface area contributed by atoms with E-state index in [0.717, 1.165) is 24.0 Å². The number of anilines is 1. The van der Waals surface area contributed by atoms with E-state index in [4.69, 9.17) is 4.74 Å². The number of benzene rings is 1. The average Bonchev–Trinajstić information content (AvgIpc) is 3.18. The van der Waals surface area contributed by atoms with Gasteiger partial charge in [-0.05, 0) is 69.7 Å². The van der Waals surface area contributed by atoms with Crippen LogP contribution in [0.4, 0.5) is 5.69 Å². The van der Waals surface area contributed by atoms with Gasteiger partial charge in [-0.15, -0.1) is 0 Å². The highest BCUT2D eigenvalue weighted by atomic mass is 16.5. The molecule has 2 saturated carbocycles. The Balaban J connectivity index is 1.78. The van der Waals surface area contributed by atoms with Gasteiger partial charge in [0.2, 0.25) is 5.91 Å². The number of fused-ring (bicyclic) bond motifs is 2. The van der Waals surface area contributed by atoms with Crippen LogP contribution in [0.25, 0.3) is 0 Å². The van der Waals surface area contributed by atoms with E-state index in [2.05, 4.69) is 5.32 Å². The second kappa shape index (κ2) is 7.55. The van der Waals surface area contributed by atoms with E-state index in [9.17, 15) is 19.5 Å². The predicted molar refractivity (Wildman–Crippen MR) is 100 cm³/mol. The van der Waals surface area contributed by atoms with Crippen molar-refractivity contribution in [1.29, 1.82) is 0 Å². The van der Waals surface area contributed by atoms with Crippen LogP contribution in [-0.4, -0.2) is 29.6 Å². The van der Waals surface area contributed by atoms with Crippen LogP contribution < -0.4 is 5.32 Å². The summed E-state index contributed by atoms with van der Waals surface area (Å²) in [5.74, 6) is -2.86. The molecule has 0 radical (unpaired) electrons. The third kappa shape index (κ3) is 3.48. The first-order valence-electron chi connectivity index (χ1n) is 9.33. The van der Waals surface area contributed by atoms with Crippen molar-refractivity contribution in [3.8, 4) is 0 Å². The molecule has 6 nitrogen and oxygen atoms in total. The topological polar surface area (TPSA) is 92.7 Å². The van der Waals surface area contributed by atoms with E-state index >= 15 is 0 Å². The lowest BCUT2D eigenvalue weighted by atomic mass is 9.78. The van der Waals surface area contributed by atoms with Gasteiger partial charge < -0.3 is 15.2 Å². The summed E-state index contributed by atoms with van der Waals surface area (Å²) in [4.78, 5) is 36.5. The molecule has 1 amide bonds. The van der Waals surface area contributed by atoms with Gasteiger partial charge >= 0.3 is 11.9 Å². The highest BCUT2D eigenvalue weighted by molar-refractivity contribution is 5.97. The Hall–Kier alpha value is -2.63. The Bertz CT molecular complexity index is 791. The van der Waals surface area contributed by atoms with Crippen LogP contribution in [0.5, 0.6) is 0 Å². The van der Waals surface area contributed by atoms with Gasteiger partial charge in [-0.2, -0.15) is 0 Å². The van der Waals surface area contributed by atoms with Gasteiger partial charge in [0.25, 0.3) is 0 Å². The maximum absolute atomic E-state index is 12.9. The molecule has 27 heavy (non-hydrogen) atoms. The first kappa shape index (κ1) is 19.1. The molecule has 0 heterocycles. The Morgan fingerprint density at radius 2 is 1.67 bits per heavy atom. The summed E-state index contributed by atoms with van der Waals surface area (Å²) >= 11 is 0. The fraction of sp³-hybridized carbons (Fsp3) is 0.476. The molecule has 0 spiro atoms. The van der Waals surface area contributed by atoms with E-state index in [1.165, 1.54) is 0 Å². The van der Waals surface area contributed by atoms with Crippen LogP contribution in [-0.2, 0) is 14.3 Å². The third-order valence-electron chi connectivity index (χ3n) is 5.67. The zero-order valence-electron chi connectivity index (χ0n) is 15.8. The van der Waals surface area contributed by atoms with E-state index in [-0.39, 0.29) is 17.7 Å². The molecule has 2 aliphatic rings. The maximum atomic E-state index is 12.9. The lowest BCUT2D eigenvalue weighted by Crippen LogP contribution is -2.37. The van der Waals surface area contributed by atoms with Crippen LogP contribution in [0.3, 0.4) is 0 Å². The summed E-state index contributed by atoms with van der Waals surface area (Å²) in [5.41, 5.74) is 3.23. The van der Waals surface area contributed by atoms with Crippen molar-refractivity contribution in [2.75, 3.05) is 11.9 Å². The summed E-state index contributed by atoms with van der Waals surface area (Å²) in [7, 11) is 0. The van der Waals surface area contributed by atoms with Gasteiger partial charge in [0.15, 0.2) is 0 Å². The molecule has 144 valence electrons. The molecule has 6 heteroatoms. The van der Waals surface area contributed by atoms with Gasteiger partial charge in [-0.3, -0.25) is 9.59 Å². The number of nitrogens with one attached hydrogen (secondary N) is 1. The molecule has 1 aromatic rings. The maximum Gasteiger partial charge on any atom is 0.338 e. The van der Waals surface area contributed by atoms with Gasteiger partial charge in [0, 0.05) is 5.69 Å². The minimum Gasteiger partial charge on any atom is -0.481 e. The first-order valence-corrected chi connectivity index (χ1v) is 9.33. The van der Waals surface area contributed by atoms with E-state index < -0.39 is 23.8 Å². The molecule has 2 aliphatic carbocycles. The summed E-state index contributed by atoms with van der Waals surface area (Å²) < 4.78 is 4.94. The molecule has 2 N–H and O–H groups in total. The Morgan fingerprint density at radius 1 is 1.07 bits per heavy atom. The number of carboxylic acid groups (broad SMARTS) is 1. The van der Waals surface area contributed by atoms with Crippen molar-refractivity contribution in [2.45, 2.75) is 33.6 Å². The van der Waals surface area contributed by atoms with Crippen molar-refractivity contribution >= 4 is 23.5 Å². The number of carbonyl (C=O) groups is 3. The SMILES string of the molecule is CCOC(=O)c1ccc(NC(=O)[C@H]2[C@@H](C(=O)O)[C@@H]3CC[C@@H]2C3=C(C)C)cc1. The first-order chi connectivity index (χ1) is 12.8. The second-order valence-corrected chi connectivity index (χ2v) is 7.42. The molecule has 2 bridgehead atoms. The van der Waals surface area contributed by atoms with Crippen LogP contribution in [0.1, 0.15) is 44.0 Å². The average molecular weight is 371 g/mol. The highest BCUT2D eigenvalue weighted by Crippen LogP contribution is 2.57. The number of aliphatic carboxylic acids is 1. The molecule has 4 atom stereocenters. The molecular formula is C21H25NO5. The number of allylic oxidation sites excluding steroid dienone is 2. The molecule has 0 aliphatic heterocycles. The summed E-state index contributed by atoms with van der Waals surface area (Å²) in [6.07, 6.45) is 1.69. The standard InChI is InChI=1S/C21H25NO5/c1-4-27-21(26)12-5-7-13(8-6-12)22-19(23)17-14-9-10-15(16(14)11(2)3)18(17)20(24)25/h5-8,14-15,17-18H,4,9-10H2,1-3H3,(H,22,23)(H,24,25)/t14-,15-,17-,18+/m1/s1. The van der Waals surface area contributed by atoms with Crippen LogP contribution in [0.15, 0.2) is 35.4 Å². The Kier molecular flexibility index (Phi) is 5.35. The molecule has 1 aromatic carbocycles. The lowest BCUT2D eigenvalue weighted by Gasteiger charge is -2.26. The number of carbonyl (C=O) groups excluding carboxylic acids is 2. The van der Waals surface area contributed by atoms with Crippen molar-refractivity contribution < 1.29 is 24.2 Å². The lowest BCUT2D eigenvalue weighted by molar-refractivity contribution is -0.148. The quantitative estimate of drug-likeness (QED) is 0.610. The monoisotopic (exact) mass is 371 g/mol. The van der Waals surface area contributed by atoms with Crippen molar-refractivity contribution in [3.05, 3.63) is 41.0 Å². The van der Waals surface area contributed by atoms with Gasteiger partial charge in [0.05, 0.1) is 24.0 Å². The predicted octanol–water partition coefficient (Wildman–Crippen LogP) is 3.50. The van der Waals surface area contributed by atoms with Gasteiger partial charge in [0.1, 0.15) is 0 Å². The number of hydrogen-bond donors (Lipinski definition) is 2. The van der Waals surface area contributed by atoms with Crippen molar-refractivity contribution in [2.24, 2.45) is 23.7 Å². The molecule has 3 rings (SSSR count). The number of hydrogen-bond acceptors (Lipinski definition) is 4. The van der Waals surface area contributed by atoms with E-state index in [0.29, 0.717) is 17.9 Å². The van der Waals surface area contributed by atoms with Crippen LogP contribution in [0.2, 0.25) is 0 Å². The fourth-order valence-electron chi connectivity index (χ4n) is 4.73. The molecular weight excluding hydrogens is 346 g/mol. The fourth-order valence-corrected chi connectivity index (χ4v) is 4.73. The second-order valence-electron chi connectivity index (χ2n) is 7.42. The Labute approximate surface area is 158 Å². The summed E-state index contributed by atoms with van der Waals surface area (Å²) in [6, 6.07) is 6.44. The third-order valence-corrected chi connectivity index (χ3v) is 5.67. The largest absolute Gasteiger partial charge is 0.481 e. The number of ether oxygens (including phenoxy) is 1.